The van der Waals surface area contributed by atoms with E-state index in [2.05, 4.69) is 40.5 Å². The fraction of sp³-hybridized carbons (Fsp3) is 0.211. The summed E-state index contributed by atoms with van der Waals surface area (Å²) in [6, 6.07) is 16.4. The van der Waals surface area contributed by atoms with Crippen molar-refractivity contribution in [1.82, 2.24) is 29.9 Å². The molecule has 0 radical (unpaired) electrons. The van der Waals surface area contributed by atoms with Crippen LogP contribution < -0.4 is 15.4 Å². The third kappa shape index (κ3) is 15.1. The standard InChI is InChI=1S/C19H15Cl3F2N4O.C13H14ClN3O.C6H2Cl3F2N/c1-11-16(21)17(28-10-27-11)25-7-6-12-2-4-14(5-3-12)29-18-15(20)8-13(9-26-18)19(22,23)24;1-9-12(14)13(17-8-16-9)15-7-6-10-2-4-11(18)5-3-10;7-4-1-3(6(9,10)11)2-12-5(4)8/h2-5,8-10H,6-7H2,1H3,(H,25,27,28);2-5,8,18H,6-7H2,1H3,(H,15,16,17);1-2H. The van der Waals surface area contributed by atoms with Gasteiger partial charge in [0, 0.05) is 25.5 Å². The molecule has 0 unspecified atom stereocenters. The molecule has 0 amide bonds. The second kappa shape index (κ2) is 21.9. The highest BCUT2D eigenvalue weighted by Crippen LogP contribution is 2.37. The molecular formula is C38H31Cl7F4N8O2. The zero-order valence-corrected chi connectivity index (χ0v) is 35.9. The smallest absolute Gasteiger partial charge is 0.349 e. The van der Waals surface area contributed by atoms with Crippen molar-refractivity contribution in [2.75, 3.05) is 23.7 Å². The van der Waals surface area contributed by atoms with E-state index >= 15 is 0 Å². The summed E-state index contributed by atoms with van der Waals surface area (Å²) < 4.78 is 56.5. The van der Waals surface area contributed by atoms with Crippen LogP contribution in [0.4, 0.5) is 29.2 Å². The molecule has 6 aromatic rings. The Labute approximate surface area is 371 Å². The summed E-state index contributed by atoms with van der Waals surface area (Å²) in [7, 11) is 0. The van der Waals surface area contributed by atoms with Crippen molar-refractivity contribution in [2.45, 2.75) is 37.5 Å². The normalized spacial score (nSPS) is 11.1. The van der Waals surface area contributed by atoms with Crippen LogP contribution in [-0.2, 0) is 23.6 Å². The topological polar surface area (TPSA) is 131 Å². The van der Waals surface area contributed by atoms with E-state index in [1.807, 2.05) is 38.1 Å². The van der Waals surface area contributed by atoms with Gasteiger partial charge in [0.15, 0.2) is 0 Å². The molecule has 0 saturated carbocycles. The number of ether oxygens (including phenoxy) is 1. The SMILES string of the molecule is Cc1ncnc(NCCc2ccc(O)cc2)c1Cl.Cc1ncnc(NCCc2ccc(Oc3ncc(C(F)(F)Cl)cc3Cl)cc2)c1Cl.FC(F)(Cl)c1cnc(Cl)c(Cl)c1. The molecule has 10 nitrogen and oxygen atoms in total. The van der Waals surface area contributed by atoms with Gasteiger partial charge < -0.3 is 20.5 Å². The number of pyridine rings is 2. The Morgan fingerprint density at radius 1 is 0.610 bits per heavy atom. The zero-order valence-electron chi connectivity index (χ0n) is 30.6. The van der Waals surface area contributed by atoms with Crippen molar-refractivity contribution in [3.05, 3.63) is 145 Å². The third-order valence-electron chi connectivity index (χ3n) is 7.67. The number of nitrogens with zero attached hydrogens (tertiary/aromatic N) is 6. The second-order valence-corrected chi connectivity index (χ2v) is 14.9. The third-order valence-corrected chi connectivity index (χ3v) is 9.97. The minimum Gasteiger partial charge on any atom is -0.508 e. The van der Waals surface area contributed by atoms with Crippen LogP contribution in [0.1, 0.15) is 33.6 Å². The number of phenols is 1. The van der Waals surface area contributed by atoms with Gasteiger partial charge in [-0.1, -0.05) is 82.3 Å². The van der Waals surface area contributed by atoms with Gasteiger partial charge in [-0.05, 0) is 97.4 Å². The average Bonchev–Trinajstić information content (AvgIpc) is 3.18. The molecule has 0 fully saturated rings. The quantitative estimate of drug-likeness (QED) is 0.0619. The number of aryl methyl sites for hydroxylation is 2. The lowest BCUT2D eigenvalue weighted by molar-refractivity contribution is 0.0941. The molecule has 59 heavy (non-hydrogen) atoms. The van der Waals surface area contributed by atoms with Gasteiger partial charge in [0.05, 0.1) is 27.5 Å². The number of phenolic OH excluding ortho intramolecular Hbond substituents is 1. The minimum atomic E-state index is -3.54. The number of nitrogens with one attached hydrogen (secondary N) is 2. The van der Waals surface area contributed by atoms with Crippen LogP contribution in [0, 0.1) is 13.8 Å². The van der Waals surface area contributed by atoms with Crippen LogP contribution in [-0.4, -0.2) is 48.1 Å². The monoisotopic (exact) mass is 952 g/mol. The molecule has 3 N–H and O–H groups in total. The van der Waals surface area contributed by atoms with Crippen molar-refractivity contribution in [1.29, 1.82) is 0 Å². The summed E-state index contributed by atoms with van der Waals surface area (Å²) in [6.07, 6.45) is 6.30. The Balaban J connectivity index is 0.000000217. The van der Waals surface area contributed by atoms with Crippen LogP contribution in [0.3, 0.4) is 0 Å². The van der Waals surface area contributed by atoms with Gasteiger partial charge in [0.25, 0.3) is 0 Å². The Kier molecular flexibility index (Phi) is 17.7. The maximum Gasteiger partial charge on any atom is 0.349 e. The number of hydrogen-bond acceptors (Lipinski definition) is 10. The summed E-state index contributed by atoms with van der Waals surface area (Å²) in [6.45, 7) is 5.00. The lowest BCUT2D eigenvalue weighted by Crippen LogP contribution is -2.07. The molecule has 0 bridgehead atoms. The first-order chi connectivity index (χ1) is 27.8. The van der Waals surface area contributed by atoms with Gasteiger partial charge in [-0.25, -0.2) is 29.9 Å². The molecule has 312 valence electrons. The van der Waals surface area contributed by atoms with Gasteiger partial charge in [-0.15, -0.1) is 0 Å². The number of halogens is 11. The average molecular weight is 956 g/mol. The predicted molar refractivity (Wildman–Crippen MR) is 226 cm³/mol. The van der Waals surface area contributed by atoms with Crippen LogP contribution in [0.15, 0.2) is 85.7 Å². The molecule has 0 aliphatic heterocycles. The lowest BCUT2D eigenvalue weighted by Gasteiger charge is -2.11. The van der Waals surface area contributed by atoms with Crippen molar-refractivity contribution < 1.29 is 27.4 Å². The fourth-order valence-electron chi connectivity index (χ4n) is 4.54. The maximum atomic E-state index is 13.1. The van der Waals surface area contributed by atoms with Gasteiger partial charge in [-0.3, -0.25) is 0 Å². The Hall–Kier alpha value is -4.15. The molecule has 2 aromatic carbocycles. The first-order valence-corrected chi connectivity index (χ1v) is 19.5. The van der Waals surface area contributed by atoms with E-state index in [4.69, 9.17) is 85.9 Å². The molecule has 0 saturated heterocycles. The number of anilines is 2. The van der Waals surface area contributed by atoms with E-state index in [0.29, 0.717) is 39.7 Å². The number of aromatic nitrogens is 6. The largest absolute Gasteiger partial charge is 0.508 e. The summed E-state index contributed by atoms with van der Waals surface area (Å²) in [5.74, 6) is 2.01. The minimum absolute atomic E-state index is 0.0134. The fourth-order valence-corrected chi connectivity index (χ4v) is 5.55. The van der Waals surface area contributed by atoms with E-state index in [0.717, 1.165) is 60.7 Å². The number of benzene rings is 2. The zero-order chi connectivity index (χ0) is 43.3. The first-order valence-electron chi connectivity index (χ1n) is 16.9. The van der Waals surface area contributed by atoms with Crippen molar-refractivity contribution in [3.8, 4) is 17.4 Å². The summed E-state index contributed by atoms with van der Waals surface area (Å²) in [4.78, 5) is 23.4. The molecule has 0 spiro atoms. The Morgan fingerprint density at radius 3 is 1.49 bits per heavy atom. The van der Waals surface area contributed by atoms with E-state index in [1.165, 1.54) is 12.7 Å². The molecule has 21 heteroatoms. The van der Waals surface area contributed by atoms with E-state index in [-0.39, 0.29) is 26.8 Å². The highest BCUT2D eigenvalue weighted by molar-refractivity contribution is 6.41. The van der Waals surface area contributed by atoms with E-state index < -0.39 is 21.9 Å². The molecule has 4 heterocycles. The second-order valence-electron chi connectivity index (χ2n) is 12.0. The maximum absolute atomic E-state index is 13.1. The Bertz CT molecular complexity index is 2310. The molecule has 0 aliphatic rings. The van der Waals surface area contributed by atoms with Gasteiger partial charge >= 0.3 is 10.8 Å². The molecule has 0 aliphatic carbocycles. The highest BCUT2D eigenvalue weighted by atomic mass is 35.5. The summed E-state index contributed by atoms with van der Waals surface area (Å²) >= 11 is 38.7. The van der Waals surface area contributed by atoms with Crippen molar-refractivity contribution in [2.24, 2.45) is 0 Å². The van der Waals surface area contributed by atoms with Crippen LogP contribution >= 0.6 is 81.2 Å². The highest BCUT2D eigenvalue weighted by Gasteiger charge is 2.30. The molecule has 6 rings (SSSR count). The van der Waals surface area contributed by atoms with E-state index in [1.54, 1.807) is 24.3 Å². The van der Waals surface area contributed by atoms with Gasteiger partial charge in [0.2, 0.25) is 5.88 Å². The number of hydrogen-bond donors (Lipinski definition) is 3. The number of alkyl halides is 6. The van der Waals surface area contributed by atoms with Gasteiger partial charge in [0.1, 0.15) is 56.0 Å². The lowest BCUT2D eigenvalue weighted by atomic mass is 10.1. The molecular weight excluding hydrogens is 925 g/mol. The first kappa shape index (κ1) is 47.5. The summed E-state index contributed by atoms with van der Waals surface area (Å²) in [5.41, 5.74) is 2.68. The number of aromatic hydroxyl groups is 1. The predicted octanol–water partition coefficient (Wildman–Crippen LogP) is 12.7. The molecule has 0 atom stereocenters. The molecule has 4 aromatic heterocycles. The van der Waals surface area contributed by atoms with Crippen LogP contribution in [0.5, 0.6) is 17.4 Å². The van der Waals surface area contributed by atoms with Crippen molar-refractivity contribution >= 4 is 92.8 Å². The van der Waals surface area contributed by atoms with Gasteiger partial charge in [-0.2, -0.15) is 17.6 Å². The summed E-state index contributed by atoms with van der Waals surface area (Å²) in [5, 5.41) is 9.44. The van der Waals surface area contributed by atoms with Crippen LogP contribution in [0.25, 0.3) is 0 Å². The number of rotatable bonds is 12. The van der Waals surface area contributed by atoms with Crippen molar-refractivity contribution in [3.63, 3.8) is 0 Å². The van der Waals surface area contributed by atoms with E-state index in [9.17, 15) is 22.7 Å². The van der Waals surface area contributed by atoms with Crippen LogP contribution in [0.2, 0.25) is 25.2 Å². The Morgan fingerprint density at radius 2 is 1.05 bits per heavy atom.